The number of esters is 1. The van der Waals surface area contributed by atoms with Gasteiger partial charge in [-0.05, 0) is 68.2 Å². The number of likely N-dealkylation sites (tertiary alicyclic amines) is 2. The summed E-state index contributed by atoms with van der Waals surface area (Å²) in [5, 5.41) is 3.01. The maximum absolute atomic E-state index is 12.5. The van der Waals surface area contributed by atoms with E-state index in [4.69, 9.17) is 4.74 Å². The summed E-state index contributed by atoms with van der Waals surface area (Å²) in [5.41, 5.74) is 2.27. The van der Waals surface area contributed by atoms with E-state index in [9.17, 15) is 14.4 Å². The number of aromatic nitrogens is 1. The molecule has 2 saturated heterocycles. The van der Waals surface area contributed by atoms with Gasteiger partial charge in [0.15, 0.2) is 5.75 Å². The number of amides is 3. The first-order valence-electron chi connectivity index (χ1n) is 12.2. The predicted molar refractivity (Wildman–Crippen MR) is 130 cm³/mol. The summed E-state index contributed by atoms with van der Waals surface area (Å²) in [4.78, 5) is 44.0. The Kier molecular flexibility index (Phi) is 8.18. The van der Waals surface area contributed by atoms with Crippen molar-refractivity contribution in [2.75, 3.05) is 38.6 Å². The van der Waals surface area contributed by atoms with Crippen LogP contribution in [-0.2, 0) is 11.2 Å². The van der Waals surface area contributed by atoms with Crippen molar-refractivity contribution in [1.29, 1.82) is 0 Å². The molecule has 0 unspecified atom stereocenters. The molecular weight excluding hydrogens is 448 g/mol. The quantitative estimate of drug-likeness (QED) is 0.618. The molecule has 0 saturated carbocycles. The molecule has 186 valence electrons. The van der Waals surface area contributed by atoms with Gasteiger partial charge in [0.2, 0.25) is 0 Å². The highest BCUT2D eigenvalue weighted by Gasteiger charge is 2.24. The molecule has 3 amide bonds. The van der Waals surface area contributed by atoms with Gasteiger partial charge in [-0.2, -0.15) is 0 Å². The number of nitrogens with one attached hydrogen (secondary N) is 1. The molecule has 2 fully saturated rings. The Balaban J connectivity index is 1.21. The number of nitrogens with zero attached hydrogens (tertiary/aromatic N) is 3. The van der Waals surface area contributed by atoms with Crippen LogP contribution >= 0.6 is 0 Å². The normalized spacial score (nSPS) is 16.1. The minimum Gasteiger partial charge on any atom is -0.465 e. The standard InChI is InChI=1S/C26H32N4O5/c1-34-24(31)21-16-23(18-27-17-21)35-26(33)30-13-9-19(10-14-30)7-8-20-5-4-6-22(15-20)28-25(32)29-11-2-3-12-29/h4-6,15-19H,2-3,7-14H2,1H3,(H,28,32). The van der Waals surface area contributed by atoms with Crippen molar-refractivity contribution in [3.63, 3.8) is 0 Å². The number of carbonyl (C=O) groups is 3. The second-order valence-corrected chi connectivity index (χ2v) is 9.06. The zero-order valence-corrected chi connectivity index (χ0v) is 20.1. The Morgan fingerprint density at radius 1 is 1.03 bits per heavy atom. The van der Waals surface area contributed by atoms with Crippen LogP contribution in [0.2, 0.25) is 0 Å². The van der Waals surface area contributed by atoms with E-state index < -0.39 is 12.1 Å². The number of hydrogen-bond donors (Lipinski definition) is 1. The van der Waals surface area contributed by atoms with Crippen molar-refractivity contribution in [3.05, 3.63) is 53.9 Å². The van der Waals surface area contributed by atoms with Crippen LogP contribution in [0.3, 0.4) is 0 Å². The van der Waals surface area contributed by atoms with Gasteiger partial charge in [-0.15, -0.1) is 0 Å². The largest absolute Gasteiger partial charge is 0.465 e. The molecule has 2 aromatic rings. The highest BCUT2D eigenvalue weighted by Crippen LogP contribution is 2.24. The first kappa shape index (κ1) is 24.5. The summed E-state index contributed by atoms with van der Waals surface area (Å²) in [6, 6.07) is 9.48. The summed E-state index contributed by atoms with van der Waals surface area (Å²) < 4.78 is 10.1. The van der Waals surface area contributed by atoms with E-state index in [0.717, 1.165) is 57.3 Å². The van der Waals surface area contributed by atoms with Crippen LogP contribution in [0.5, 0.6) is 5.75 Å². The van der Waals surface area contributed by atoms with E-state index in [2.05, 4.69) is 27.2 Å². The Labute approximate surface area is 205 Å². The summed E-state index contributed by atoms with van der Waals surface area (Å²) in [6.07, 6.45) is 8.24. The van der Waals surface area contributed by atoms with Gasteiger partial charge in [-0.25, -0.2) is 14.4 Å². The number of rotatable bonds is 6. The third-order valence-corrected chi connectivity index (χ3v) is 6.62. The fraction of sp³-hybridized carbons (Fsp3) is 0.462. The van der Waals surface area contributed by atoms with Crippen LogP contribution in [0.1, 0.15) is 48.0 Å². The first-order chi connectivity index (χ1) is 17.0. The fourth-order valence-electron chi connectivity index (χ4n) is 4.57. The van der Waals surface area contributed by atoms with Gasteiger partial charge in [0.05, 0.1) is 18.9 Å². The van der Waals surface area contributed by atoms with Gasteiger partial charge in [-0.1, -0.05) is 12.1 Å². The lowest BCUT2D eigenvalue weighted by Gasteiger charge is -2.31. The number of piperidine rings is 1. The number of benzene rings is 1. The third kappa shape index (κ3) is 6.71. The smallest absolute Gasteiger partial charge is 0.415 e. The van der Waals surface area contributed by atoms with Crippen LogP contribution in [0.25, 0.3) is 0 Å². The minimum absolute atomic E-state index is 0.0216. The number of urea groups is 1. The first-order valence-corrected chi connectivity index (χ1v) is 12.2. The van der Waals surface area contributed by atoms with Crippen LogP contribution in [-0.4, -0.2) is 66.2 Å². The van der Waals surface area contributed by atoms with Crippen molar-refractivity contribution in [1.82, 2.24) is 14.8 Å². The number of hydrogen-bond acceptors (Lipinski definition) is 6. The fourth-order valence-corrected chi connectivity index (χ4v) is 4.57. The van der Waals surface area contributed by atoms with Crippen molar-refractivity contribution in [2.45, 2.75) is 38.5 Å². The van der Waals surface area contributed by atoms with Gasteiger partial charge in [0, 0.05) is 38.1 Å². The molecule has 2 aliphatic rings. The van der Waals surface area contributed by atoms with Crippen LogP contribution in [0, 0.1) is 5.92 Å². The van der Waals surface area contributed by atoms with E-state index in [0.29, 0.717) is 19.0 Å². The monoisotopic (exact) mass is 480 g/mol. The maximum atomic E-state index is 12.5. The Bertz CT molecular complexity index is 1050. The van der Waals surface area contributed by atoms with E-state index in [-0.39, 0.29) is 17.3 Å². The topological polar surface area (TPSA) is 101 Å². The van der Waals surface area contributed by atoms with E-state index >= 15 is 0 Å². The molecule has 1 aromatic carbocycles. The molecule has 0 spiro atoms. The van der Waals surface area contributed by atoms with Gasteiger partial charge < -0.3 is 24.6 Å². The van der Waals surface area contributed by atoms with E-state index in [1.807, 2.05) is 17.0 Å². The summed E-state index contributed by atoms with van der Waals surface area (Å²) in [5.74, 6) is 0.207. The minimum atomic E-state index is -0.532. The third-order valence-electron chi connectivity index (χ3n) is 6.62. The van der Waals surface area contributed by atoms with E-state index in [1.54, 1.807) is 4.90 Å². The summed E-state index contributed by atoms with van der Waals surface area (Å²) >= 11 is 0. The molecule has 3 heterocycles. The zero-order valence-electron chi connectivity index (χ0n) is 20.1. The highest BCUT2D eigenvalue weighted by molar-refractivity contribution is 5.90. The molecule has 0 bridgehead atoms. The SMILES string of the molecule is COC(=O)c1cncc(OC(=O)N2CCC(CCc3cccc(NC(=O)N4CCCC4)c3)CC2)c1. The lowest BCUT2D eigenvalue weighted by Crippen LogP contribution is -2.40. The number of anilines is 1. The second-order valence-electron chi connectivity index (χ2n) is 9.06. The summed E-state index contributed by atoms with van der Waals surface area (Å²) in [7, 11) is 1.29. The van der Waals surface area contributed by atoms with Gasteiger partial charge in [0.25, 0.3) is 0 Å². The molecule has 1 N–H and O–H groups in total. The van der Waals surface area contributed by atoms with Crippen molar-refractivity contribution in [3.8, 4) is 5.75 Å². The Morgan fingerprint density at radius 2 is 1.80 bits per heavy atom. The van der Waals surface area contributed by atoms with Crippen LogP contribution < -0.4 is 10.1 Å². The lowest BCUT2D eigenvalue weighted by molar-refractivity contribution is 0.0599. The van der Waals surface area contributed by atoms with Crippen LogP contribution in [0.15, 0.2) is 42.7 Å². The molecule has 9 nitrogen and oxygen atoms in total. The Morgan fingerprint density at radius 3 is 2.54 bits per heavy atom. The molecule has 35 heavy (non-hydrogen) atoms. The zero-order chi connectivity index (χ0) is 24.6. The second kappa shape index (κ2) is 11.7. The number of carbonyl (C=O) groups excluding carboxylic acids is 3. The van der Waals surface area contributed by atoms with Crippen LogP contribution in [0.4, 0.5) is 15.3 Å². The highest BCUT2D eigenvalue weighted by atomic mass is 16.6. The molecule has 1 aromatic heterocycles. The number of aryl methyl sites for hydroxylation is 1. The van der Waals surface area contributed by atoms with Crippen molar-refractivity contribution in [2.24, 2.45) is 5.92 Å². The average molecular weight is 481 g/mol. The molecule has 0 aliphatic carbocycles. The van der Waals surface area contributed by atoms with Gasteiger partial charge in [0.1, 0.15) is 0 Å². The maximum Gasteiger partial charge on any atom is 0.415 e. The number of ether oxygens (including phenoxy) is 2. The molecule has 4 rings (SSSR count). The average Bonchev–Trinajstić information content (AvgIpc) is 3.43. The number of methoxy groups -OCH3 is 1. The number of pyridine rings is 1. The van der Waals surface area contributed by atoms with Crippen molar-refractivity contribution < 1.29 is 23.9 Å². The summed E-state index contributed by atoms with van der Waals surface area (Å²) in [6.45, 7) is 2.90. The van der Waals surface area contributed by atoms with Gasteiger partial charge in [-0.3, -0.25) is 4.98 Å². The van der Waals surface area contributed by atoms with E-state index in [1.165, 1.54) is 31.1 Å². The molecule has 0 radical (unpaired) electrons. The lowest BCUT2D eigenvalue weighted by atomic mass is 9.90. The molecule has 9 heteroatoms. The van der Waals surface area contributed by atoms with Gasteiger partial charge >= 0.3 is 18.1 Å². The molecular formula is C26H32N4O5. The van der Waals surface area contributed by atoms with Crippen molar-refractivity contribution >= 4 is 23.8 Å². The molecule has 2 aliphatic heterocycles. The predicted octanol–water partition coefficient (Wildman–Crippen LogP) is 4.34. The molecule has 0 atom stereocenters. The Hall–Kier alpha value is -3.62.